The van der Waals surface area contributed by atoms with Crippen molar-refractivity contribution in [3.05, 3.63) is 70.6 Å². The van der Waals surface area contributed by atoms with E-state index in [1.807, 2.05) is 24.3 Å². The number of methoxy groups -OCH3 is 1. The molecule has 3 aromatic rings. The van der Waals surface area contributed by atoms with Crippen molar-refractivity contribution in [1.29, 1.82) is 0 Å². The van der Waals surface area contributed by atoms with Crippen molar-refractivity contribution in [3.63, 3.8) is 0 Å². The van der Waals surface area contributed by atoms with E-state index in [2.05, 4.69) is 4.98 Å². The maximum absolute atomic E-state index is 13.5. The highest BCUT2D eigenvalue weighted by molar-refractivity contribution is 5.97. The van der Waals surface area contributed by atoms with Crippen molar-refractivity contribution < 1.29 is 24.8 Å². The third-order valence-electron chi connectivity index (χ3n) is 6.59. The van der Waals surface area contributed by atoms with Gasteiger partial charge in [0.05, 0.1) is 12.6 Å². The fraction of sp³-hybridized carbons (Fsp3) is 0.333. The van der Waals surface area contributed by atoms with Gasteiger partial charge in [0.1, 0.15) is 6.04 Å². The molecule has 2 aromatic carbocycles. The molecule has 1 saturated heterocycles. The number of nitrogens with one attached hydrogen (secondary N) is 2. The Bertz CT molecular complexity index is 1190. The molecule has 33 heavy (non-hydrogen) atoms. The highest BCUT2D eigenvalue weighted by atomic mass is 16.8. The van der Waals surface area contributed by atoms with Crippen LogP contribution in [0, 0.1) is 5.21 Å². The number of amides is 2. The third-order valence-corrected chi connectivity index (χ3v) is 6.59. The second-order valence-electron chi connectivity index (χ2n) is 8.52. The quantitative estimate of drug-likeness (QED) is 0.387. The van der Waals surface area contributed by atoms with Gasteiger partial charge in [0.2, 0.25) is 11.8 Å². The van der Waals surface area contributed by atoms with Crippen LogP contribution < -0.4 is 5.23 Å². The standard InChI is InChI=1S/C24H26N4O5/c1-33-12-4-11-26-14-21(29)27-20(24(26)30)13-18-17-5-2-3-6-19(17)25-22(18)23(27)15-7-9-16(10-8-15)28(31)32/h2-3,5-10,20,23,25,28,31H,4,11-14H2,1H3. The van der Waals surface area contributed by atoms with Gasteiger partial charge in [0, 0.05) is 55.4 Å². The summed E-state index contributed by atoms with van der Waals surface area (Å²) < 4.78 is 5.11. The maximum Gasteiger partial charge on any atom is 0.246 e. The first-order chi connectivity index (χ1) is 16.0. The number of carbonyl (C=O) groups is 2. The molecule has 5 rings (SSSR count). The van der Waals surface area contributed by atoms with Crippen molar-refractivity contribution in [3.8, 4) is 0 Å². The molecule has 0 saturated carbocycles. The molecule has 172 valence electrons. The number of ether oxygens (including phenoxy) is 1. The van der Waals surface area contributed by atoms with Gasteiger partial charge in [-0.25, -0.2) is 5.21 Å². The van der Waals surface area contributed by atoms with E-state index in [0.29, 0.717) is 26.0 Å². The van der Waals surface area contributed by atoms with E-state index in [-0.39, 0.29) is 24.0 Å². The molecule has 9 nitrogen and oxygen atoms in total. The molecule has 3 N–H and O–H groups in total. The van der Waals surface area contributed by atoms with Gasteiger partial charge in [0.15, 0.2) is 5.69 Å². The summed E-state index contributed by atoms with van der Waals surface area (Å²) in [6.45, 7) is 1.03. The molecule has 0 bridgehead atoms. The molecule has 0 spiro atoms. The van der Waals surface area contributed by atoms with Gasteiger partial charge in [-0.15, -0.1) is 0 Å². The second-order valence-corrected chi connectivity index (χ2v) is 8.52. The van der Waals surface area contributed by atoms with Crippen molar-refractivity contribution in [2.45, 2.75) is 24.9 Å². The summed E-state index contributed by atoms with van der Waals surface area (Å²) in [6, 6.07) is 13.4. The fourth-order valence-corrected chi connectivity index (χ4v) is 5.07. The van der Waals surface area contributed by atoms with Gasteiger partial charge in [-0.1, -0.05) is 30.3 Å². The molecular weight excluding hydrogens is 424 g/mol. The highest BCUT2D eigenvalue weighted by Gasteiger charge is 2.48. The zero-order valence-corrected chi connectivity index (χ0v) is 18.3. The zero-order chi connectivity index (χ0) is 23.1. The van der Waals surface area contributed by atoms with Crippen molar-refractivity contribution >= 4 is 28.4 Å². The van der Waals surface area contributed by atoms with Crippen LogP contribution in [0.4, 0.5) is 5.69 Å². The van der Waals surface area contributed by atoms with Gasteiger partial charge in [-0.05, 0) is 23.6 Å². The van der Waals surface area contributed by atoms with E-state index in [1.165, 1.54) is 12.1 Å². The largest absolute Gasteiger partial charge is 0.595 e. The van der Waals surface area contributed by atoms with Crippen LogP contribution in [0.1, 0.15) is 29.3 Å². The Hall–Kier alpha value is -3.24. The topological polar surface area (TPSA) is 113 Å². The van der Waals surface area contributed by atoms with Gasteiger partial charge >= 0.3 is 0 Å². The van der Waals surface area contributed by atoms with Crippen LogP contribution in [0.15, 0.2) is 48.5 Å². The van der Waals surface area contributed by atoms with Crippen LogP contribution in [0.3, 0.4) is 0 Å². The van der Waals surface area contributed by atoms with Crippen LogP contribution in [-0.4, -0.2) is 64.7 Å². The SMILES string of the molecule is COCCCN1CC(=O)N2C(Cc3c([nH]c4ccccc34)C2c2ccc([NH+]([O-])O)cc2)C1=O. The van der Waals surface area contributed by atoms with Gasteiger partial charge < -0.3 is 24.7 Å². The minimum Gasteiger partial charge on any atom is -0.595 e. The minimum atomic E-state index is -1.01. The van der Waals surface area contributed by atoms with Gasteiger partial charge in [0.25, 0.3) is 0 Å². The third kappa shape index (κ3) is 3.68. The molecular formula is C24H26N4O5. The van der Waals surface area contributed by atoms with E-state index >= 15 is 0 Å². The Morgan fingerprint density at radius 1 is 1.18 bits per heavy atom. The minimum absolute atomic E-state index is 0.0261. The Labute approximate surface area is 190 Å². The Morgan fingerprint density at radius 2 is 1.94 bits per heavy atom. The molecule has 0 radical (unpaired) electrons. The molecule has 1 fully saturated rings. The van der Waals surface area contributed by atoms with E-state index < -0.39 is 17.3 Å². The number of nitrogens with zero attached hydrogens (tertiary/aromatic N) is 2. The van der Waals surface area contributed by atoms with E-state index in [1.54, 1.807) is 29.0 Å². The van der Waals surface area contributed by atoms with E-state index in [0.717, 1.165) is 27.7 Å². The average molecular weight is 450 g/mol. The number of aromatic nitrogens is 1. The number of quaternary nitrogens is 1. The van der Waals surface area contributed by atoms with Gasteiger partial charge in [-0.3, -0.25) is 9.59 Å². The molecule has 0 aliphatic carbocycles. The van der Waals surface area contributed by atoms with Crippen molar-refractivity contribution in [2.24, 2.45) is 0 Å². The first kappa shape index (κ1) is 21.6. The lowest BCUT2D eigenvalue weighted by atomic mass is 9.86. The summed E-state index contributed by atoms with van der Waals surface area (Å²) in [5.74, 6) is -0.178. The second kappa shape index (κ2) is 8.60. The predicted octanol–water partition coefficient (Wildman–Crippen LogP) is 1.29. The number of benzene rings is 2. The number of para-hydroxylation sites is 1. The number of piperazine rings is 1. The van der Waals surface area contributed by atoms with Crippen LogP contribution in [-0.2, 0) is 20.7 Å². The van der Waals surface area contributed by atoms with Crippen molar-refractivity contribution in [2.75, 3.05) is 26.8 Å². The first-order valence-corrected chi connectivity index (χ1v) is 11.0. The van der Waals surface area contributed by atoms with Crippen molar-refractivity contribution in [1.82, 2.24) is 14.8 Å². The Morgan fingerprint density at radius 3 is 2.67 bits per heavy atom. The molecule has 3 atom stereocenters. The number of aromatic amines is 1. The normalized spacial score (nSPS) is 21.3. The summed E-state index contributed by atoms with van der Waals surface area (Å²) in [5.41, 5.74) is 3.80. The predicted molar refractivity (Wildman–Crippen MR) is 120 cm³/mol. The number of H-pyrrole nitrogens is 1. The zero-order valence-electron chi connectivity index (χ0n) is 18.3. The molecule has 2 amide bonds. The van der Waals surface area contributed by atoms with Crippen LogP contribution in [0.25, 0.3) is 10.9 Å². The Balaban J connectivity index is 1.60. The lowest BCUT2D eigenvalue weighted by molar-refractivity contribution is -0.991. The molecule has 2 aliphatic heterocycles. The average Bonchev–Trinajstić information content (AvgIpc) is 3.19. The van der Waals surface area contributed by atoms with Crippen LogP contribution >= 0.6 is 0 Å². The molecule has 3 heterocycles. The summed E-state index contributed by atoms with van der Waals surface area (Å²) >= 11 is 0. The summed E-state index contributed by atoms with van der Waals surface area (Å²) in [6.07, 6.45) is 1.11. The lowest BCUT2D eigenvalue weighted by Gasteiger charge is -2.47. The number of rotatable bonds is 6. The van der Waals surface area contributed by atoms with Crippen LogP contribution in [0.5, 0.6) is 0 Å². The molecule has 1 aromatic heterocycles. The number of hydrogen-bond donors (Lipinski definition) is 3. The number of carbonyl (C=O) groups excluding carboxylic acids is 2. The number of fused-ring (bicyclic) bond motifs is 4. The maximum atomic E-state index is 13.5. The summed E-state index contributed by atoms with van der Waals surface area (Å²) in [5, 5.41) is 20.7. The smallest absolute Gasteiger partial charge is 0.246 e. The molecule has 2 aliphatic rings. The van der Waals surface area contributed by atoms with E-state index in [9.17, 15) is 20.0 Å². The lowest BCUT2D eigenvalue weighted by Crippen LogP contribution is -2.99. The Kier molecular flexibility index (Phi) is 5.63. The molecule has 9 heteroatoms. The number of hydrogen-bond acceptors (Lipinski definition) is 5. The first-order valence-electron chi connectivity index (χ1n) is 11.0. The summed E-state index contributed by atoms with van der Waals surface area (Å²) in [4.78, 5) is 33.7. The monoisotopic (exact) mass is 450 g/mol. The fourth-order valence-electron chi connectivity index (χ4n) is 5.07. The highest BCUT2D eigenvalue weighted by Crippen LogP contribution is 2.42. The van der Waals surface area contributed by atoms with E-state index in [4.69, 9.17) is 4.74 Å². The molecule has 3 unspecified atom stereocenters. The van der Waals surface area contributed by atoms with Crippen LogP contribution in [0.2, 0.25) is 0 Å². The van der Waals surface area contributed by atoms with Gasteiger partial charge in [-0.2, -0.15) is 5.23 Å². The summed E-state index contributed by atoms with van der Waals surface area (Å²) in [7, 11) is 1.62.